The van der Waals surface area contributed by atoms with Crippen LogP contribution in [0.15, 0.2) is 48.5 Å². The molecular weight excluding hydrogens is 325 g/mol. The lowest BCUT2D eigenvalue weighted by Crippen LogP contribution is -2.18. The van der Waals surface area contributed by atoms with Crippen LogP contribution in [0.5, 0.6) is 5.75 Å². The van der Waals surface area contributed by atoms with Gasteiger partial charge in [0.1, 0.15) is 11.6 Å². The van der Waals surface area contributed by atoms with E-state index in [9.17, 15) is 4.39 Å². The van der Waals surface area contributed by atoms with Crippen LogP contribution in [-0.4, -0.2) is 25.1 Å². The molecule has 0 N–H and O–H groups in total. The Morgan fingerprint density at radius 1 is 1.17 bits per heavy atom. The van der Waals surface area contributed by atoms with Crippen molar-refractivity contribution in [3.05, 3.63) is 71.0 Å². The predicted molar refractivity (Wildman–Crippen MR) is 99.3 cm³/mol. The van der Waals surface area contributed by atoms with Gasteiger partial charge in [-0.15, -0.1) is 12.4 Å². The maximum atomic E-state index is 12.9. The zero-order valence-corrected chi connectivity index (χ0v) is 14.7. The van der Waals surface area contributed by atoms with Gasteiger partial charge in [0, 0.05) is 13.1 Å². The number of likely N-dealkylation sites (N-methyl/N-ethyl adjacent to an activating group) is 1. The second-order valence-corrected chi connectivity index (χ2v) is 6.04. The molecule has 2 nitrogen and oxygen atoms in total. The van der Waals surface area contributed by atoms with Gasteiger partial charge in [0.15, 0.2) is 0 Å². The number of nitrogens with zero attached hydrogens (tertiary/aromatic N) is 1. The predicted octanol–water partition coefficient (Wildman–Crippen LogP) is 4.72. The van der Waals surface area contributed by atoms with Crippen LogP contribution in [0, 0.1) is 5.82 Å². The van der Waals surface area contributed by atoms with Crippen molar-refractivity contribution >= 4 is 18.5 Å². The van der Waals surface area contributed by atoms with Crippen LogP contribution >= 0.6 is 12.4 Å². The van der Waals surface area contributed by atoms with Gasteiger partial charge in [-0.2, -0.15) is 0 Å². The molecule has 24 heavy (non-hydrogen) atoms. The highest BCUT2D eigenvalue weighted by Gasteiger charge is 2.10. The van der Waals surface area contributed by atoms with Crippen LogP contribution in [0.25, 0.3) is 6.08 Å². The molecule has 1 heterocycles. The number of benzene rings is 2. The molecule has 0 amide bonds. The third-order valence-corrected chi connectivity index (χ3v) is 4.03. The first-order valence-corrected chi connectivity index (χ1v) is 8.06. The summed E-state index contributed by atoms with van der Waals surface area (Å²) in [6, 6.07) is 13.1. The smallest absolute Gasteiger partial charge is 0.123 e. The van der Waals surface area contributed by atoms with Crippen molar-refractivity contribution in [2.45, 2.75) is 19.4 Å². The Hall–Kier alpha value is -1.84. The van der Waals surface area contributed by atoms with E-state index in [0.29, 0.717) is 0 Å². The average Bonchev–Trinajstić information content (AvgIpc) is 2.56. The summed E-state index contributed by atoms with van der Waals surface area (Å²) < 4.78 is 18.6. The summed E-state index contributed by atoms with van der Waals surface area (Å²) in [6.45, 7) is 2.55. The van der Waals surface area contributed by atoms with Crippen LogP contribution in [0.4, 0.5) is 4.39 Å². The van der Waals surface area contributed by atoms with Gasteiger partial charge in [-0.1, -0.05) is 36.4 Å². The highest BCUT2D eigenvalue weighted by atomic mass is 35.5. The zero-order chi connectivity index (χ0) is 16.1. The number of rotatable bonds is 5. The first kappa shape index (κ1) is 18.5. The van der Waals surface area contributed by atoms with Crippen molar-refractivity contribution in [2.75, 3.05) is 20.2 Å². The summed E-state index contributed by atoms with van der Waals surface area (Å²) in [5.74, 6) is 0.845. The van der Waals surface area contributed by atoms with E-state index in [0.717, 1.165) is 43.9 Å². The van der Waals surface area contributed by atoms with Crippen molar-refractivity contribution in [2.24, 2.45) is 0 Å². The quantitative estimate of drug-likeness (QED) is 0.776. The molecule has 0 aliphatic carbocycles. The van der Waals surface area contributed by atoms with Gasteiger partial charge in [0.25, 0.3) is 0 Å². The summed E-state index contributed by atoms with van der Waals surface area (Å²) >= 11 is 0. The summed E-state index contributed by atoms with van der Waals surface area (Å²) in [6.07, 6.45) is 6.35. The molecule has 0 saturated carbocycles. The Morgan fingerprint density at radius 3 is 2.75 bits per heavy atom. The molecule has 0 saturated heterocycles. The van der Waals surface area contributed by atoms with Crippen molar-refractivity contribution < 1.29 is 9.13 Å². The van der Waals surface area contributed by atoms with Crippen LogP contribution in [-0.2, 0) is 13.0 Å². The number of fused-ring (bicyclic) bond motifs is 1. The van der Waals surface area contributed by atoms with E-state index in [4.69, 9.17) is 4.74 Å². The number of hydrogen-bond donors (Lipinski definition) is 0. The first-order valence-electron chi connectivity index (χ1n) is 8.06. The molecule has 0 radical (unpaired) electrons. The van der Waals surface area contributed by atoms with Gasteiger partial charge in [-0.25, -0.2) is 4.39 Å². The molecule has 0 fully saturated rings. The summed E-state index contributed by atoms with van der Waals surface area (Å²) in [4.78, 5) is 2.24. The third kappa shape index (κ3) is 5.08. The fraction of sp³-hybridized carbons (Fsp3) is 0.300. The fourth-order valence-corrected chi connectivity index (χ4v) is 2.80. The minimum absolute atomic E-state index is 0. The Bertz CT molecular complexity index is 685. The number of hydrogen-bond acceptors (Lipinski definition) is 2. The molecule has 0 spiro atoms. The molecule has 0 aromatic heterocycles. The Kier molecular flexibility index (Phi) is 6.83. The van der Waals surface area contributed by atoms with Crippen LogP contribution < -0.4 is 4.74 Å². The molecule has 3 rings (SSSR count). The second kappa shape index (κ2) is 8.86. The molecule has 2 aromatic rings. The Balaban J connectivity index is 0.00000208. The minimum Gasteiger partial charge on any atom is -0.493 e. The Labute approximate surface area is 149 Å². The minimum atomic E-state index is -0.200. The van der Waals surface area contributed by atoms with E-state index in [1.54, 1.807) is 12.1 Å². The van der Waals surface area contributed by atoms with Crippen LogP contribution in [0.2, 0.25) is 0 Å². The number of halogens is 2. The molecule has 4 heteroatoms. The lowest BCUT2D eigenvalue weighted by Gasteiger charge is -2.20. The molecule has 0 unspecified atom stereocenters. The second-order valence-electron chi connectivity index (χ2n) is 6.04. The van der Waals surface area contributed by atoms with E-state index in [1.165, 1.54) is 23.3 Å². The standard InChI is InChI=1S/C20H22FNO.ClH/c1-22(12-2-4-16-7-10-19(21)11-8-16)15-17-6-9-18-5-3-13-23-20(18)14-17;/h2,4,6-11,14H,3,5,12-13,15H2,1H3;1H/b4-2+;. The first-order chi connectivity index (χ1) is 11.2. The highest BCUT2D eigenvalue weighted by Crippen LogP contribution is 2.26. The molecule has 0 atom stereocenters. The number of ether oxygens (including phenoxy) is 1. The van der Waals surface area contributed by atoms with E-state index in [2.05, 4.69) is 36.2 Å². The normalized spacial score (nSPS) is 13.5. The molecule has 128 valence electrons. The SMILES string of the molecule is CN(C/C=C/c1ccc(F)cc1)Cc1ccc2c(c1)OCCC2.Cl. The third-order valence-electron chi connectivity index (χ3n) is 4.03. The Morgan fingerprint density at radius 2 is 1.96 bits per heavy atom. The lowest BCUT2D eigenvalue weighted by atomic mass is 10.0. The lowest BCUT2D eigenvalue weighted by molar-refractivity contribution is 0.287. The van der Waals surface area contributed by atoms with E-state index in [1.807, 2.05) is 6.08 Å². The molecule has 1 aliphatic heterocycles. The van der Waals surface area contributed by atoms with Crippen LogP contribution in [0.3, 0.4) is 0 Å². The maximum absolute atomic E-state index is 12.9. The monoisotopic (exact) mass is 347 g/mol. The van der Waals surface area contributed by atoms with Crippen molar-refractivity contribution in [3.8, 4) is 5.75 Å². The molecular formula is C20H23ClFNO. The summed E-state index contributed by atoms with van der Waals surface area (Å²) in [5, 5.41) is 0. The number of aryl methyl sites for hydroxylation is 1. The van der Waals surface area contributed by atoms with Gasteiger partial charge >= 0.3 is 0 Å². The van der Waals surface area contributed by atoms with Crippen molar-refractivity contribution in [3.63, 3.8) is 0 Å². The summed E-state index contributed by atoms with van der Waals surface area (Å²) in [5.41, 5.74) is 3.60. The van der Waals surface area contributed by atoms with Gasteiger partial charge in [-0.3, -0.25) is 4.90 Å². The van der Waals surface area contributed by atoms with Crippen molar-refractivity contribution in [1.82, 2.24) is 4.90 Å². The van der Waals surface area contributed by atoms with E-state index in [-0.39, 0.29) is 18.2 Å². The topological polar surface area (TPSA) is 12.5 Å². The zero-order valence-electron chi connectivity index (χ0n) is 13.9. The maximum Gasteiger partial charge on any atom is 0.123 e. The van der Waals surface area contributed by atoms with Gasteiger partial charge in [-0.05, 0) is 54.8 Å². The van der Waals surface area contributed by atoms with Crippen molar-refractivity contribution in [1.29, 1.82) is 0 Å². The van der Waals surface area contributed by atoms with Gasteiger partial charge < -0.3 is 4.74 Å². The largest absolute Gasteiger partial charge is 0.493 e. The average molecular weight is 348 g/mol. The molecule has 0 bridgehead atoms. The van der Waals surface area contributed by atoms with E-state index < -0.39 is 0 Å². The summed E-state index contributed by atoms with van der Waals surface area (Å²) in [7, 11) is 2.09. The van der Waals surface area contributed by atoms with Crippen LogP contribution in [0.1, 0.15) is 23.1 Å². The molecule has 2 aromatic carbocycles. The molecule has 1 aliphatic rings. The fourth-order valence-electron chi connectivity index (χ4n) is 2.80. The van der Waals surface area contributed by atoms with Gasteiger partial charge in [0.2, 0.25) is 0 Å². The highest BCUT2D eigenvalue weighted by molar-refractivity contribution is 5.85. The van der Waals surface area contributed by atoms with E-state index >= 15 is 0 Å². The van der Waals surface area contributed by atoms with Gasteiger partial charge in [0.05, 0.1) is 6.61 Å².